The second-order valence-electron chi connectivity index (χ2n) is 4.21. The van der Waals surface area contributed by atoms with Crippen molar-refractivity contribution >= 4 is 11.7 Å². The molecule has 5 heteroatoms. The van der Waals surface area contributed by atoms with Gasteiger partial charge in [-0.2, -0.15) is 0 Å². The molecule has 0 aliphatic heterocycles. The van der Waals surface area contributed by atoms with E-state index in [1.165, 1.54) is 13.2 Å². The molecule has 5 nitrogen and oxygen atoms in total. The Labute approximate surface area is 116 Å². The molecule has 0 aliphatic carbocycles. The lowest BCUT2D eigenvalue weighted by molar-refractivity contribution is 0.0601. The van der Waals surface area contributed by atoms with E-state index in [2.05, 4.69) is 10.1 Å². The maximum absolute atomic E-state index is 11.4. The van der Waals surface area contributed by atoms with Crippen LogP contribution in [0, 0.1) is 0 Å². The molecule has 0 bridgehead atoms. The zero-order valence-electron chi connectivity index (χ0n) is 11.0. The number of esters is 1. The van der Waals surface area contributed by atoms with Gasteiger partial charge in [0.05, 0.1) is 12.7 Å². The summed E-state index contributed by atoms with van der Waals surface area (Å²) in [6.07, 6.45) is 0. The molecule has 0 atom stereocenters. The predicted molar refractivity (Wildman–Crippen MR) is 74.9 cm³/mol. The lowest BCUT2D eigenvalue weighted by atomic mass is 10.1. The Bertz CT molecular complexity index is 625. The summed E-state index contributed by atoms with van der Waals surface area (Å²) in [6.45, 7) is 0.324. The topological polar surface area (TPSA) is 78.8 Å². The molecule has 0 saturated heterocycles. The first-order chi connectivity index (χ1) is 9.61. The Morgan fingerprint density at radius 3 is 2.70 bits per heavy atom. The van der Waals surface area contributed by atoms with Gasteiger partial charge in [0.25, 0.3) is 0 Å². The van der Waals surface area contributed by atoms with Crippen molar-refractivity contribution in [2.24, 2.45) is 0 Å². The van der Waals surface area contributed by atoms with Crippen LogP contribution in [-0.2, 0) is 11.3 Å². The van der Waals surface area contributed by atoms with Gasteiger partial charge in [-0.3, -0.25) is 0 Å². The molecule has 0 aliphatic rings. The zero-order chi connectivity index (χ0) is 14.5. The van der Waals surface area contributed by atoms with Crippen molar-refractivity contribution in [2.45, 2.75) is 6.54 Å². The highest BCUT2D eigenvalue weighted by Gasteiger charge is 2.07. The fourth-order valence-electron chi connectivity index (χ4n) is 1.79. The number of anilines is 1. The summed E-state index contributed by atoms with van der Waals surface area (Å²) in [5.41, 5.74) is 1.72. The lowest BCUT2D eigenvalue weighted by Crippen LogP contribution is -2.04. The molecule has 0 amide bonds. The lowest BCUT2D eigenvalue weighted by Gasteiger charge is -2.10. The van der Waals surface area contributed by atoms with Gasteiger partial charge in [-0.15, -0.1) is 0 Å². The SMILES string of the molecule is COC(=O)c1cccc(NCc2cccc(O)c2O)c1. The van der Waals surface area contributed by atoms with Crippen molar-refractivity contribution in [3.8, 4) is 11.5 Å². The molecular weight excluding hydrogens is 258 g/mol. The van der Waals surface area contributed by atoms with Gasteiger partial charge in [-0.1, -0.05) is 18.2 Å². The summed E-state index contributed by atoms with van der Waals surface area (Å²) in [7, 11) is 1.33. The third-order valence-corrected chi connectivity index (χ3v) is 2.86. The van der Waals surface area contributed by atoms with Crippen LogP contribution in [0.5, 0.6) is 11.5 Å². The largest absolute Gasteiger partial charge is 0.504 e. The Hall–Kier alpha value is -2.69. The third kappa shape index (κ3) is 3.00. The van der Waals surface area contributed by atoms with Gasteiger partial charge in [0.2, 0.25) is 0 Å². The second-order valence-corrected chi connectivity index (χ2v) is 4.21. The molecule has 3 N–H and O–H groups in total. The molecule has 0 unspecified atom stereocenters. The van der Waals surface area contributed by atoms with E-state index in [1.807, 2.05) is 0 Å². The van der Waals surface area contributed by atoms with E-state index in [0.29, 0.717) is 17.7 Å². The van der Waals surface area contributed by atoms with Crippen molar-refractivity contribution in [2.75, 3.05) is 12.4 Å². The van der Waals surface area contributed by atoms with Crippen molar-refractivity contribution in [3.63, 3.8) is 0 Å². The number of phenolic OH excluding ortho intramolecular Hbond substituents is 2. The Morgan fingerprint density at radius 2 is 1.95 bits per heavy atom. The summed E-state index contributed by atoms with van der Waals surface area (Å²) >= 11 is 0. The fraction of sp³-hybridized carbons (Fsp3) is 0.133. The minimum Gasteiger partial charge on any atom is -0.504 e. The average Bonchev–Trinajstić information content (AvgIpc) is 2.48. The van der Waals surface area contributed by atoms with Crippen LogP contribution in [0.3, 0.4) is 0 Å². The third-order valence-electron chi connectivity index (χ3n) is 2.86. The number of carbonyl (C=O) groups excluding carboxylic acids is 1. The van der Waals surface area contributed by atoms with Gasteiger partial charge >= 0.3 is 5.97 Å². The fourth-order valence-corrected chi connectivity index (χ4v) is 1.79. The zero-order valence-corrected chi connectivity index (χ0v) is 11.0. The molecule has 2 rings (SSSR count). The molecular formula is C15H15NO4. The summed E-state index contributed by atoms with van der Waals surface area (Å²) in [4.78, 5) is 11.4. The number of methoxy groups -OCH3 is 1. The van der Waals surface area contributed by atoms with Crippen LogP contribution in [0.1, 0.15) is 15.9 Å². The number of aromatic hydroxyl groups is 2. The van der Waals surface area contributed by atoms with Crippen LogP contribution < -0.4 is 5.32 Å². The van der Waals surface area contributed by atoms with Crippen LogP contribution in [0.4, 0.5) is 5.69 Å². The number of ether oxygens (including phenoxy) is 1. The number of nitrogens with one attached hydrogen (secondary N) is 1. The Kier molecular flexibility index (Phi) is 4.10. The van der Waals surface area contributed by atoms with E-state index in [0.717, 1.165) is 5.69 Å². The van der Waals surface area contributed by atoms with E-state index in [1.54, 1.807) is 36.4 Å². The number of phenols is 2. The highest BCUT2D eigenvalue weighted by Crippen LogP contribution is 2.28. The summed E-state index contributed by atoms with van der Waals surface area (Å²) in [6, 6.07) is 11.6. The van der Waals surface area contributed by atoms with Crippen molar-refractivity contribution in [1.29, 1.82) is 0 Å². The summed E-state index contributed by atoms with van der Waals surface area (Å²) < 4.78 is 4.65. The second kappa shape index (κ2) is 5.97. The summed E-state index contributed by atoms with van der Waals surface area (Å²) in [5, 5.41) is 22.2. The molecule has 0 spiro atoms. The van der Waals surface area contributed by atoms with Crippen LogP contribution >= 0.6 is 0 Å². The summed E-state index contributed by atoms with van der Waals surface area (Å²) in [5.74, 6) is -0.717. The van der Waals surface area contributed by atoms with Crippen molar-refractivity contribution < 1.29 is 19.7 Å². The van der Waals surface area contributed by atoms with Gasteiger partial charge in [-0.25, -0.2) is 4.79 Å². The molecule has 0 fully saturated rings. The maximum Gasteiger partial charge on any atom is 0.337 e. The maximum atomic E-state index is 11.4. The number of hydrogen-bond acceptors (Lipinski definition) is 5. The number of para-hydroxylation sites is 1. The Morgan fingerprint density at radius 1 is 1.20 bits per heavy atom. The van der Waals surface area contributed by atoms with Crippen molar-refractivity contribution in [1.82, 2.24) is 0 Å². The monoisotopic (exact) mass is 273 g/mol. The first-order valence-electron chi connectivity index (χ1n) is 6.04. The predicted octanol–water partition coefficient (Wildman–Crippen LogP) is 2.50. The average molecular weight is 273 g/mol. The van der Waals surface area contributed by atoms with Gasteiger partial charge < -0.3 is 20.3 Å². The highest BCUT2D eigenvalue weighted by molar-refractivity contribution is 5.90. The normalized spacial score (nSPS) is 10.1. The highest BCUT2D eigenvalue weighted by atomic mass is 16.5. The molecule has 0 heterocycles. The van der Waals surface area contributed by atoms with Gasteiger partial charge in [0.1, 0.15) is 0 Å². The van der Waals surface area contributed by atoms with Gasteiger partial charge in [-0.05, 0) is 24.3 Å². The minimum atomic E-state index is -0.408. The molecule has 0 saturated carbocycles. The minimum absolute atomic E-state index is 0.149. The van der Waals surface area contributed by atoms with E-state index in [4.69, 9.17) is 0 Å². The first kappa shape index (κ1) is 13.7. The van der Waals surface area contributed by atoms with Gasteiger partial charge in [0, 0.05) is 17.8 Å². The quantitative estimate of drug-likeness (QED) is 0.589. The van der Waals surface area contributed by atoms with E-state index in [-0.39, 0.29) is 11.5 Å². The van der Waals surface area contributed by atoms with E-state index in [9.17, 15) is 15.0 Å². The number of hydrogen-bond donors (Lipinski definition) is 3. The molecule has 2 aromatic rings. The number of benzene rings is 2. The molecule has 0 aromatic heterocycles. The Balaban J connectivity index is 2.11. The van der Waals surface area contributed by atoms with Gasteiger partial charge in [0.15, 0.2) is 11.5 Å². The molecule has 104 valence electrons. The van der Waals surface area contributed by atoms with Crippen molar-refractivity contribution in [3.05, 3.63) is 53.6 Å². The number of rotatable bonds is 4. The smallest absolute Gasteiger partial charge is 0.337 e. The van der Waals surface area contributed by atoms with Crippen LogP contribution in [0.2, 0.25) is 0 Å². The van der Waals surface area contributed by atoms with Crippen LogP contribution in [0.25, 0.3) is 0 Å². The number of carbonyl (C=O) groups is 1. The molecule has 20 heavy (non-hydrogen) atoms. The molecule has 0 radical (unpaired) electrons. The van der Waals surface area contributed by atoms with Crippen LogP contribution in [-0.4, -0.2) is 23.3 Å². The van der Waals surface area contributed by atoms with E-state index >= 15 is 0 Å². The van der Waals surface area contributed by atoms with E-state index < -0.39 is 5.97 Å². The standard InChI is InChI=1S/C15H15NO4/c1-20-15(19)10-4-2-6-12(8-10)16-9-11-5-3-7-13(17)14(11)18/h2-8,16-18H,9H2,1H3. The first-order valence-corrected chi connectivity index (χ1v) is 6.04. The van der Waals surface area contributed by atoms with Crippen LogP contribution in [0.15, 0.2) is 42.5 Å². The molecule has 2 aromatic carbocycles.